The first-order chi connectivity index (χ1) is 8.72. The first kappa shape index (κ1) is 13.5. The molecule has 1 aromatic carbocycles. The lowest BCUT2D eigenvalue weighted by atomic mass is 9.93. The number of amides is 1. The molecule has 0 saturated heterocycles. The zero-order chi connectivity index (χ0) is 13.0. The van der Waals surface area contributed by atoms with Gasteiger partial charge in [0.1, 0.15) is 0 Å². The van der Waals surface area contributed by atoms with Gasteiger partial charge in [-0.3, -0.25) is 4.79 Å². The lowest BCUT2D eigenvalue weighted by Gasteiger charge is -2.33. The predicted molar refractivity (Wildman–Crippen MR) is 77.3 cm³/mol. The Morgan fingerprint density at radius 2 is 1.83 bits per heavy atom. The molecule has 1 aliphatic rings. The molecule has 98 valence electrons. The highest BCUT2D eigenvalue weighted by Crippen LogP contribution is 2.24. The largest absolute Gasteiger partial charge is 0.336 e. The van der Waals surface area contributed by atoms with Crippen molar-refractivity contribution in [2.75, 3.05) is 6.54 Å². The fourth-order valence-corrected chi connectivity index (χ4v) is 2.88. The maximum Gasteiger partial charge on any atom is 0.254 e. The summed E-state index contributed by atoms with van der Waals surface area (Å²) in [6.45, 7) is 2.87. The van der Waals surface area contributed by atoms with Crippen LogP contribution in [0.2, 0.25) is 0 Å². The number of rotatable bonds is 3. The lowest BCUT2D eigenvalue weighted by Crippen LogP contribution is -2.41. The van der Waals surface area contributed by atoms with E-state index in [1.54, 1.807) is 0 Å². The number of hydrogen-bond donors (Lipinski definition) is 1. The van der Waals surface area contributed by atoms with Crippen LogP contribution in [-0.4, -0.2) is 23.4 Å². The van der Waals surface area contributed by atoms with E-state index in [4.69, 9.17) is 0 Å². The topological polar surface area (TPSA) is 20.3 Å². The molecule has 0 radical (unpaired) electrons. The van der Waals surface area contributed by atoms with Crippen molar-refractivity contribution in [3.8, 4) is 0 Å². The summed E-state index contributed by atoms with van der Waals surface area (Å²) in [5, 5.41) is 0. The Labute approximate surface area is 115 Å². The van der Waals surface area contributed by atoms with Crippen LogP contribution in [0.3, 0.4) is 0 Å². The summed E-state index contributed by atoms with van der Waals surface area (Å²) in [4.78, 5) is 15.4. The minimum absolute atomic E-state index is 0.165. The molecule has 1 amide bonds. The van der Waals surface area contributed by atoms with Crippen molar-refractivity contribution >= 4 is 18.5 Å². The lowest BCUT2D eigenvalue weighted by molar-refractivity contribution is 0.0648. The van der Waals surface area contributed by atoms with E-state index in [1.807, 2.05) is 29.2 Å². The summed E-state index contributed by atoms with van der Waals surface area (Å²) in [6, 6.07) is 7.94. The van der Waals surface area contributed by atoms with Crippen molar-refractivity contribution in [3.63, 3.8) is 0 Å². The second-order valence-electron chi connectivity index (χ2n) is 4.93. The Morgan fingerprint density at radius 1 is 1.22 bits per heavy atom. The van der Waals surface area contributed by atoms with Crippen LogP contribution in [-0.2, 0) is 0 Å². The van der Waals surface area contributed by atoms with Crippen molar-refractivity contribution in [2.24, 2.45) is 0 Å². The number of carbonyl (C=O) groups excluding carboxylic acids is 1. The van der Waals surface area contributed by atoms with Crippen LogP contribution in [0.15, 0.2) is 29.2 Å². The summed E-state index contributed by atoms with van der Waals surface area (Å²) in [7, 11) is 0. The quantitative estimate of drug-likeness (QED) is 0.823. The van der Waals surface area contributed by atoms with Crippen molar-refractivity contribution in [1.29, 1.82) is 0 Å². The van der Waals surface area contributed by atoms with E-state index in [0.29, 0.717) is 6.04 Å². The molecule has 0 atom stereocenters. The van der Waals surface area contributed by atoms with Gasteiger partial charge < -0.3 is 4.90 Å². The number of thiol groups is 1. The zero-order valence-electron chi connectivity index (χ0n) is 10.9. The number of carbonyl (C=O) groups is 1. The number of benzene rings is 1. The molecule has 0 N–H and O–H groups in total. The number of nitrogens with zero attached hydrogens (tertiary/aromatic N) is 1. The molecule has 2 rings (SSSR count). The van der Waals surface area contributed by atoms with Crippen LogP contribution < -0.4 is 0 Å². The van der Waals surface area contributed by atoms with Gasteiger partial charge in [-0.1, -0.05) is 19.3 Å². The molecule has 0 spiro atoms. The van der Waals surface area contributed by atoms with Gasteiger partial charge in [0.25, 0.3) is 5.91 Å². The van der Waals surface area contributed by atoms with E-state index in [0.717, 1.165) is 29.8 Å². The van der Waals surface area contributed by atoms with Crippen LogP contribution >= 0.6 is 12.6 Å². The maximum absolute atomic E-state index is 12.5. The summed E-state index contributed by atoms with van der Waals surface area (Å²) >= 11 is 4.25. The third-order valence-electron chi connectivity index (χ3n) is 3.73. The summed E-state index contributed by atoms with van der Waals surface area (Å²) in [6.07, 6.45) is 6.14. The number of hydrogen-bond acceptors (Lipinski definition) is 2. The van der Waals surface area contributed by atoms with Gasteiger partial charge in [-0.05, 0) is 44.0 Å². The second-order valence-corrected chi connectivity index (χ2v) is 5.45. The van der Waals surface area contributed by atoms with Crippen molar-refractivity contribution < 1.29 is 4.79 Å². The fourth-order valence-electron chi connectivity index (χ4n) is 2.73. The third-order valence-corrected chi connectivity index (χ3v) is 4.03. The Morgan fingerprint density at radius 3 is 2.39 bits per heavy atom. The molecule has 0 aromatic heterocycles. The maximum atomic E-state index is 12.5. The van der Waals surface area contributed by atoms with Gasteiger partial charge in [0.15, 0.2) is 0 Å². The van der Waals surface area contributed by atoms with Gasteiger partial charge in [-0.2, -0.15) is 0 Å². The van der Waals surface area contributed by atoms with E-state index in [-0.39, 0.29) is 5.91 Å². The molecule has 18 heavy (non-hydrogen) atoms. The smallest absolute Gasteiger partial charge is 0.254 e. The molecule has 2 nitrogen and oxygen atoms in total. The molecule has 0 heterocycles. The highest BCUT2D eigenvalue weighted by molar-refractivity contribution is 7.80. The van der Waals surface area contributed by atoms with Crippen LogP contribution in [0.5, 0.6) is 0 Å². The molecule has 0 unspecified atom stereocenters. The van der Waals surface area contributed by atoms with Gasteiger partial charge in [0, 0.05) is 23.0 Å². The van der Waals surface area contributed by atoms with Crippen LogP contribution in [0.25, 0.3) is 0 Å². The predicted octanol–water partition coefficient (Wildman–Crippen LogP) is 3.77. The average molecular weight is 263 g/mol. The summed E-state index contributed by atoms with van der Waals surface area (Å²) in [5.41, 5.74) is 0.778. The minimum Gasteiger partial charge on any atom is -0.336 e. The van der Waals surface area contributed by atoms with E-state index < -0.39 is 0 Å². The van der Waals surface area contributed by atoms with Crippen molar-refractivity contribution in [1.82, 2.24) is 4.90 Å². The highest BCUT2D eigenvalue weighted by Gasteiger charge is 2.24. The van der Waals surface area contributed by atoms with Gasteiger partial charge in [-0.15, -0.1) is 12.6 Å². The molecule has 1 fully saturated rings. The Bertz CT molecular complexity index is 395. The molecular formula is C15H21NOS. The van der Waals surface area contributed by atoms with E-state index >= 15 is 0 Å². The average Bonchev–Trinajstić information content (AvgIpc) is 2.41. The Hall–Kier alpha value is -0.960. The van der Waals surface area contributed by atoms with E-state index in [1.165, 1.54) is 19.3 Å². The molecule has 0 bridgehead atoms. The van der Waals surface area contributed by atoms with E-state index in [2.05, 4.69) is 19.6 Å². The standard InChI is InChI=1S/C15H21NOS/c1-2-16(13-6-4-3-5-7-13)15(17)12-8-10-14(18)11-9-12/h8-11,13,18H,2-7H2,1H3. The van der Waals surface area contributed by atoms with Gasteiger partial charge in [-0.25, -0.2) is 0 Å². The first-order valence-electron chi connectivity index (χ1n) is 6.82. The van der Waals surface area contributed by atoms with Crippen molar-refractivity contribution in [2.45, 2.75) is 50.0 Å². The van der Waals surface area contributed by atoms with Crippen molar-refractivity contribution in [3.05, 3.63) is 29.8 Å². The van der Waals surface area contributed by atoms with Gasteiger partial charge >= 0.3 is 0 Å². The van der Waals surface area contributed by atoms with Gasteiger partial charge in [0.05, 0.1) is 0 Å². The van der Waals surface area contributed by atoms with Crippen LogP contribution in [0.1, 0.15) is 49.4 Å². The zero-order valence-corrected chi connectivity index (χ0v) is 11.8. The Balaban J connectivity index is 2.11. The minimum atomic E-state index is 0.165. The van der Waals surface area contributed by atoms with Gasteiger partial charge in [0.2, 0.25) is 0 Å². The normalized spacial score (nSPS) is 16.6. The van der Waals surface area contributed by atoms with Crippen LogP contribution in [0, 0.1) is 0 Å². The third kappa shape index (κ3) is 3.08. The SMILES string of the molecule is CCN(C(=O)c1ccc(S)cc1)C1CCCCC1. The fraction of sp³-hybridized carbons (Fsp3) is 0.533. The molecule has 0 aliphatic heterocycles. The first-order valence-corrected chi connectivity index (χ1v) is 7.27. The van der Waals surface area contributed by atoms with Crippen LogP contribution in [0.4, 0.5) is 0 Å². The summed E-state index contributed by atoms with van der Waals surface area (Å²) < 4.78 is 0. The highest BCUT2D eigenvalue weighted by atomic mass is 32.1. The molecular weight excluding hydrogens is 242 g/mol. The second kappa shape index (κ2) is 6.28. The monoisotopic (exact) mass is 263 g/mol. The Kier molecular flexibility index (Phi) is 4.70. The summed E-state index contributed by atoms with van der Waals surface area (Å²) in [5.74, 6) is 0.165. The van der Waals surface area contributed by atoms with E-state index in [9.17, 15) is 4.79 Å². The molecule has 1 saturated carbocycles. The molecule has 1 aliphatic carbocycles. The molecule has 3 heteroatoms. The molecule has 1 aromatic rings.